The van der Waals surface area contributed by atoms with Crippen molar-refractivity contribution >= 4 is 11.0 Å². The molecule has 1 atom stereocenters. The number of aromatic nitrogens is 5. The summed E-state index contributed by atoms with van der Waals surface area (Å²) >= 11 is 0. The van der Waals surface area contributed by atoms with Crippen molar-refractivity contribution in [3.05, 3.63) is 79.0 Å². The Kier molecular flexibility index (Phi) is 3.60. The quantitative estimate of drug-likeness (QED) is 0.582. The number of nitrogens with one attached hydrogen (secondary N) is 1. The van der Waals surface area contributed by atoms with Gasteiger partial charge in [0.1, 0.15) is 12.0 Å². The molecular weight excluding hydrogens is 312 g/mol. The topological polar surface area (TPSA) is 83.2 Å². The van der Waals surface area contributed by atoms with Crippen molar-refractivity contribution < 1.29 is 0 Å². The molecule has 0 amide bonds. The van der Waals surface area contributed by atoms with Crippen LogP contribution in [0.5, 0.6) is 0 Å². The van der Waals surface area contributed by atoms with Crippen molar-refractivity contribution in [1.29, 1.82) is 5.26 Å². The Labute approximate surface area is 144 Å². The first-order chi connectivity index (χ1) is 12.3. The number of benzene rings is 1. The molecule has 0 spiro atoms. The van der Waals surface area contributed by atoms with Gasteiger partial charge in [-0.2, -0.15) is 10.4 Å². The van der Waals surface area contributed by atoms with Gasteiger partial charge in [0, 0.05) is 23.3 Å². The predicted octanol–water partition coefficient (Wildman–Crippen LogP) is 3.47. The fraction of sp³-hybridized carbons (Fsp3) is 0.0526. The van der Waals surface area contributed by atoms with Crippen molar-refractivity contribution in [2.45, 2.75) is 6.04 Å². The van der Waals surface area contributed by atoms with E-state index in [9.17, 15) is 0 Å². The lowest BCUT2D eigenvalue weighted by Gasteiger charge is -2.13. The molecule has 0 bridgehead atoms. The summed E-state index contributed by atoms with van der Waals surface area (Å²) in [5.74, 6) is 0. The molecule has 0 aliphatic heterocycles. The number of fused-ring (bicyclic) bond motifs is 1. The van der Waals surface area contributed by atoms with E-state index in [0.29, 0.717) is 5.56 Å². The minimum atomic E-state index is -0.161. The Hall–Kier alpha value is -3.72. The third-order valence-electron chi connectivity index (χ3n) is 4.09. The van der Waals surface area contributed by atoms with Gasteiger partial charge in [-0.25, -0.2) is 9.97 Å². The molecule has 0 aliphatic carbocycles. The van der Waals surface area contributed by atoms with Crippen LogP contribution in [0.3, 0.4) is 0 Å². The van der Waals surface area contributed by atoms with Crippen molar-refractivity contribution in [2.75, 3.05) is 0 Å². The van der Waals surface area contributed by atoms with E-state index < -0.39 is 0 Å². The first-order valence-electron chi connectivity index (χ1n) is 7.75. The number of aromatic amines is 1. The van der Waals surface area contributed by atoms with Crippen LogP contribution in [0.2, 0.25) is 0 Å². The summed E-state index contributed by atoms with van der Waals surface area (Å²) in [4.78, 5) is 11.7. The first kappa shape index (κ1) is 14.8. The molecule has 0 fully saturated rings. The third kappa shape index (κ3) is 2.58. The van der Waals surface area contributed by atoms with Crippen molar-refractivity contribution in [3.8, 4) is 17.3 Å². The molecule has 1 aromatic carbocycles. The molecule has 120 valence electrons. The monoisotopic (exact) mass is 326 g/mol. The molecule has 25 heavy (non-hydrogen) atoms. The van der Waals surface area contributed by atoms with Gasteiger partial charge in [0.15, 0.2) is 0 Å². The SMILES string of the molecule is C=CC(c1cccc(C#N)c1)n1cc(-c2ncnc3[nH]ccc23)cn1. The van der Waals surface area contributed by atoms with E-state index in [1.807, 2.05) is 41.3 Å². The molecule has 0 aliphatic rings. The Bertz CT molecular complexity index is 1100. The molecule has 6 heteroatoms. The normalized spacial score (nSPS) is 12.0. The lowest BCUT2D eigenvalue weighted by atomic mass is 10.0. The zero-order valence-electron chi connectivity index (χ0n) is 13.3. The maximum atomic E-state index is 9.10. The average molecular weight is 326 g/mol. The maximum absolute atomic E-state index is 9.10. The van der Waals surface area contributed by atoms with Gasteiger partial charge in [0.05, 0.1) is 29.6 Å². The number of H-pyrrole nitrogens is 1. The number of rotatable bonds is 4. The summed E-state index contributed by atoms with van der Waals surface area (Å²) < 4.78 is 1.82. The van der Waals surface area contributed by atoms with E-state index in [0.717, 1.165) is 27.9 Å². The molecule has 0 radical (unpaired) electrons. The van der Waals surface area contributed by atoms with Gasteiger partial charge in [-0.1, -0.05) is 18.2 Å². The highest BCUT2D eigenvalue weighted by Crippen LogP contribution is 2.27. The Morgan fingerprint density at radius 3 is 3.04 bits per heavy atom. The molecule has 1 unspecified atom stereocenters. The van der Waals surface area contributed by atoms with E-state index in [1.54, 1.807) is 18.3 Å². The predicted molar refractivity (Wildman–Crippen MR) is 94.6 cm³/mol. The van der Waals surface area contributed by atoms with E-state index >= 15 is 0 Å². The standard InChI is InChI=1S/C19H14N6/c1-2-17(14-5-3-4-13(8-14)9-20)25-11-15(10-24-25)18-16-6-7-21-19(16)23-12-22-18/h2-8,10-12,17H,1H2,(H,21,22,23). The van der Waals surface area contributed by atoms with E-state index in [-0.39, 0.29) is 6.04 Å². The Morgan fingerprint density at radius 2 is 2.20 bits per heavy atom. The van der Waals surface area contributed by atoms with Crippen molar-refractivity contribution in [2.24, 2.45) is 0 Å². The fourth-order valence-electron chi connectivity index (χ4n) is 2.90. The Morgan fingerprint density at radius 1 is 1.28 bits per heavy atom. The van der Waals surface area contributed by atoms with Crippen molar-refractivity contribution in [1.82, 2.24) is 24.7 Å². The second kappa shape index (κ2) is 6.06. The number of allylic oxidation sites excluding steroid dienone is 1. The van der Waals surface area contributed by atoms with E-state index in [4.69, 9.17) is 5.26 Å². The molecule has 3 heterocycles. The summed E-state index contributed by atoms with van der Waals surface area (Å²) in [6, 6.07) is 11.4. The largest absolute Gasteiger partial charge is 0.346 e. The highest BCUT2D eigenvalue weighted by molar-refractivity contribution is 5.89. The van der Waals surface area contributed by atoms with Gasteiger partial charge in [0.25, 0.3) is 0 Å². The lowest BCUT2D eigenvalue weighted by Crippen LogP contribution is -2.08. The highest BCUT2D eigenvalue weighted by atomic mass is 15.3. The van der Waals surface area contributed by atoms with E-state index in [1.165, 1.54) is 6.33 Å². The van der Waals surface area contributed by atoms with Crippen LogP contribution < -0.4 is 0 Å². The second-order valence-electron chi connectivity index (χ2n) is 5.59. The molecule has 3 aromatic heterocycles. The first-order valence-corrected chi connectivity index (χ1v) is 7.75. The summed E-state index contributed by atoms with van der Waals surface area (Å²) in [7, 11) is 0. The minimum Gasteiger partial charge on any atom is -0.346 e. The maximum Gasteiger partial charge on any atom is 0.141 e. The van der Waals surface area contributed by atoms with E-state index in [2.05, 4.69) is 32.7 Å². The van der Waals surface area contributed by atoms with Gasteiger partial charge in [0.2, 0.25) is 0 Å². The summed E-state index contributed by atoms with van der Waals surface area (Å²) in [5, 5.41) is 14.5. The molecule has 4 rings (SSSR count). The zero-order chi connectivity index (χ0) is 17.2. The van der Waals surface area contributed by atoms with Crippen LogP contribution in [-0.2, 0) is 0 Å². The molecular formula is C19H14N6. The fourth-order valence-corrected chi connectivity index (χ4v) is 2.90. The lowest BCUT2D eigenvalue weighted by molar-refractivity contribution is 0.612. The van der Waals surface area contributed by atoms with Crippen LogP contribution in [0.25, 0.3) is 22.3 Å². The van der Waals surface area contributed by atoms with Crippen LogP contribution in [0.4, 0.5) is 0 Å². The minimum absolute atomic E-state index is 0.161. The van der Waals surface area contributed by atoms with Gasteiger partial charge >= 0.3 is 0 Å². The number of hydrogen-bond donors (Lipinski definition) is 1. The van der Waals surface area contributed by atoms with Gasteiger partial charge < -0.3 is 4.98 Å². The zero-order valence-corrected chi connectivity index (χ0v) is 13.3. The van der Waals surface area contributed by atoms with Crippen LogP contribution >= 0.6 is 0 Å². The van der Waals surface area contributed by atoms with Crippen LogP contribution in [0, 0.1) is 11.3 Å². The number of hydrogen-bond acceptors (Lipinski definition) is 4. The van der Waals surface area contributed by atoms with Gasteiger partial charge in [-0.3, -0.25) is 4.68 Å². The summed E-state index contributed by atoms with van der Waals surface area (Å²) in [6.07, 6.45) is 8.89. The summed E-state index contributed by atoms with van der Waals surface area (Å²) in [6.45, 7) is 3.92. The van der Waals surface area contributed by atoms with Gasteiger partial charge in [-0.05, 0) is 23.8 Å². The van der Waals surface area contributed by atoms with Gasteiger partial charge in [-0.15, -0.1) is 6.58 Å². The van der Waals surface area contributed by atoms with Crippen LogP contribution in [-0.4, -0.2) is 24.7 Å². The Balaban J connectivity index is 1.76. The summed E-state index contributed by atoms with van der Waals surface area (Å²) in [5.41, 5.74) is 4.08. The molecule has 0 saturated carbocycles. The number of nitrogens with zero attached hydrogens (tertiary/aromatic N) is 5. The highest BCUT2D eigenvalue weighted by Gasteiger charge is 2.14. The second-order valence-corrected chi connectivity index (χ2v) is 5.59. The average Bonchev–Trinajstić information content (AvgIpc) is 3.32. The molecule has 6 nitrogen and oxygen atoms in total. The molecule has 4 aromatic rings. The number of nitriles is 1. The molecule has 1 N–H and O–H groups in total. The van der Waals surface area contributed by atoms with Crippen LogP contribution in [0.15, 0.2) is 67.9 Å². The molecule has 0 saturated heterocycles. The third-order valence-corrected chi connectivity index (χ3v) is 4.09. The van der Waals surface area contributed by atoms with Crippen LogP contribution in [0.1, 0.15) is 17.2 Å². The smallest absolute Gasteiger partial charge is 0.141 e. The van der Waals surface area contributed by atoms with Crippen molar-refractivity contribution in [3.63, 3.8) is 0 Å².